The summed E-state index contributed by atoms with van der Waals surface area (Å²) in [4.78, 5) is 11.7. The molecule has 6 heteroatoms. The number of nitrogens with zero attached hydrogens (tertiary/aromatic N) is 1. The van der Waals surface area contributed by atoms with Gasteiger partial charge >= 0.3 is 0 Å². The molecule has 1 amide bonds. The van der Waals surface area contributed by atoms with Gasteiger partial charge in [-0.15, -0.1) is 0 Å². The maximum Gasteiger partial charge on any atom is 0.224 e. The van der Waals surface area contributed by atoms with Crippen LogP contribution in [0.15, 0.2) is 27.8 Å². The zero-order valence-electron chi connectivity index (χ0n) is 10.1. The summed E-state index contributed by atoms with van der Waals surface area (Å²) >= 11 is 3.32. The molecule has 0 atom stereocenters. The number of rotatable bonds is 5. The van der Waals surface area contributed by atoms with Crippen LogP contribution in [-0.4, -0.2) is 17.0 Å². The summed E-state index contributed by atoms with van der Waals surface area (Å²) in [6, 6.07) is 5.15. The number of halogens is 1. The van der Waals surface area contributed by atoms with Crippen LogP contribution in [0.3, 0.4) is 0 Å². The highest BCUT2D eigenvalue weighted by atomic mass is 79.9. The first-order valence-electron chi connectivity index (χ1n) is 5.65. The van der Waals surface area contributed by atoms with Gasteiger partial charge in [-0.3, -0.25) is 4.79 Å². The molecule has 0 bridgehead atoms. The van der Waals surface area contributed by atoms with Gasteiger partial charge in [0.1, 0.15) is 0 Å². The number of carbonyl (C=O) groups is 1. The van der Waals surface area contributed by atoms with E-state index in [0.717, 1.165) is 17.3 Å². The largest absolute Gasteiger partial charge is 0.409 e. The number of hydrogen-bond donors (Lipinski definition) is 3. The molecule has 0 aliphatic carbocycles. The third-order valence-corrected chi connectivity index (χ3v) is 2.89. The molecule has 0 fully saturated rings. The standard InChI is InChI=1S/C12H16BrN3O2/c1-2-3-4-11(17)15-10-7-8(13)5-6-9(10)12(14)16-18/h5-7,18H,2-4H2,1H3,(H2,14,16)(H,15,17). The normalized spacial score (nSPS) is 11.3. The molecule has 0 aliphatic rings. The van der Waals surface area contributed by atoms with Gasteiger partial charge in [0, 0.05) is 16.5 Å². The zero-order chi connectivity index (χ0) is 13.5. The molecule has 0 saturated heterocycles. The van der Waals surface area contributed by atoms with Gasteiger partial charge in [-0.25, -0.2) is 0 Å². The van der Waals surface area contributed by atoms with E-state index < -0.39 is 0 Å². The molecule has 5 nitrogen and oxygen atoms in total. The second-order valence-corrected chi connectivity index (χ2v) is 4.74. The molecule has 0 saturated carbocycles. The van der Waals surface area contributed by atoms with Crippen LogP contribution in [0.5, 0.6) is 0 Å². The molecule has 98 valence electrons. The van der Waals surface area contributed by atoms with E-state index in [2.05, 4.69) is 26.4 Å². The van der Waals surface area contributed by atoms with E-state index in [-0.39, 0.29) is 11.7 Å². The molecule has 18 heavy (non-hydrogen) atoms. The predicted octanol–water partition coefficient (Wildman–Crippen LogP) is 2.67. The van der Waals surface area contributed by atoms with Crippen molar-refractivity contribution < 1.29 is 10.0 Å². The average Bonchev–Trinajstić information content (AvgIpc) is 2.35. The lowest BCUT2D eigenvalue weighted by Gasteiger charge is -2.10. The highest BCUT2D eigenvalue weighted by Gasteiger charge is 2.10. The van der Waals surface area contributed by atoms with Crippen molar-refractivity contribution in [2.45, 2.75) is 26.2 Å². The van der Waals surface area contributed by atoms with E-state index >= 15 is 0 Å². The van der Waals surface area contributed by atoms with Crippen molar-refractivity contribution in [2.75, 3.05) is 5.32 Å². The Kier molecular flexibility index (Phi) is 5.64. The van der Waals surface area contributed by atoms with E-state index in [9.17, 15) is 4.79 Å². The second-order valence-electron chi connectivity index (χ2n) is 3.83. The van der Waals surface area contributed by atoms with Crippen molar-refractivity contribution in [1.82, 2.24) is 0 Å². The van der Waals surface area contributed by atoms with Gasteiger partial charge in [0.2, 0.25) is 5.91 Å². The van der Waals surface area contributed by atoms with Crippen molar-refractivity contribution in [2.24, 2.45) is 10.9 Å². The maximum absolute atomic E-state index is 11.7. The molecule has 1 aromatic carbocycles. The van der Waals surface area contributed by atoms with E-state index in [0.29, 0.717) is 17.7 Å². The molecule has 0 spiro atoms. The number of nitrogens with one attached hydrogen (secondary N) is 1. The average molecular weight is 314 g/mol. The van der Waals surface area contributed by atoms with Gasteiger partial charge in [-0.1, -0.05) is 34.4 Å². The van der Waals surface area contributed by atoms with E-state index in [1.165, 1.54) is 0 Å². The number of benzene rings is 1. The lowest BCUT2D eigenvalue weighted by atomic mass is 10.1. The first kappa shape index (κ1) is 14.5. The summed E-state index contributed by atoms with van der Waals surface area (Å²) in [7, 11) is 0. The first-order chi connectivity index (χ1) is 8.58. The fourth-order valence-corrected chi connectivity index (χ4v) is 1.81. The Balaban J connectivity index is 2.92. The zero-order valence-corrected chi connectivity index (χ0v) is 11.7. The SMILES string of the molecule is CCCCC(=O)Nc1cc(Br)ccc1/C(N)=N/O. The van der Waals surface area contributed by atoms with Gasteiger partial charge in [-0.05, 0) is 24.6 Å². The van der Waals surface area contributed by atoms with Gasteiger partial charge in [-0.2, -0.15) is 0 Å². The minimum Gasteiger partial charge on any atom is -0.409 e. The Hall–Kier alpha value is -1.56. The maximum atomic E-state index is 11.7. The van der Waals surface area contributed by atoms with Crippen molar-refractivity contribution in [3.8, 4) is 0 Å². The third-order valence-electron chi connectivity index (χ3n) is 2.40. The van der Waals surface area contributed by atoms with Crippen LogP contribution >= 0.6 is 15.9 Å². The van der Waals surface area contributed by atoms with Crippen molar-refractivity contribution in [3.05, 3.63) is 28.2 Å². The van der Waals surface area contributed by atoms with Crippen LogP contribution in [0.25, 0.3) is 0 Å². The summed E-state index contributed by atoms with van der Waals surface area (Å²) in [6.45, 7) is 2.02. The van der Waals surface area contributed by atoms with Crippen molar-refractivity contribution >= 4 is 33.4 Å². The summed E-state index contributed by atoms with van der Waals surface area (Å²) < 4.78 is 0.808. The van der Waals surface area contributed by atoms with Crippen LogP contribution in [0.2, 0.25) is 0 Å². The summed E-state index contributed by atoms with van der Waals surface area (Å²) in [5.41, 5.74) is 6.57. The van der Waals surface area contributed by atoms with Crippen LogP contribution in [-0.2, 0) is 4.79 Å². The number of unbranched alkanes of at least 4 members (excludes halogenated alkanes) is 1. The van der Waals surface area contributed by atoms with Gasteiger partial charge in [0.05, 0.1) is 5.69 Å². The lowest BCUT2D eigenvalue weighted by molar-refractivity contribution is -0.116. The van der Waals surface area contributed by atoms with Gasteiger partial charge in [0.15, 0.2) is 5.84 Å². The minimum absolute atomic E-state index is 0.0340. The van der Waals surface area contributed by atoms with Crippen molar-refractivity contribution in [1.29, 1.82) is 0 Å². The summed E-state index contributed by atoms with van der Waals surface area (Å²) in [6.07, 6.45) is 2.25. The Morgan fingerprint density at radius 2 is 2.28 bits per heavy atom. The molecule has 0 aromatic heterocycles. The molecule has 0 radical (unpaired) electrons. The Morgan fingerprint density at radius 3 is 2.89 bits per heavy atom. The van der Waals surface area contributed by atoms with Crippen LogP contribution in [0.1, 0.15) is 31.7 Å². The monoisotopic (exact) mass is 313 g/mol. The minimum atomic E-state index is -0.0815. The molecular weight excluding hydrogens is 298 g/mol. The molecule has 0 unspecified atom stereocenters. The molecule has 0 aliphatic heterocycles. The van der Waals surface area contributed by atoms with Crippen LogP contribution < -0.4 is 11.1 Å². The molecule has 1 rings (SSSR count). The number of hydrogen-bond acceptors (Lipinski definition) is 3. The van der Waals surface area contributed by atoms with E-state index in [4.69, 9.17) is 10.9 Å². The third kappa shape index (κ3) is 4.03. The fraction of sp³-hybridized carbons (Fsp3) is 0.333. The summed E-state index contributed by atoms with van der Waals surface area (Å²) in [5, 5.41) is 14.4. The number of anilines is 1. The van der Waals surface area contributed by atoms with Gasteiger partial charge in [0.25, 0.3) is 0 Å². The first-order valence-corrected chi connectivity index (χ1v) is 6.45. The number of nitrogens with two attached hydrogens (primary N) is 1. The molecule has 4 N–H and O–H groups in total. The summed E-state index contributed by atoms with van der Waals surface area (Å²) in [5.74, 6) is -0.116. The molecule has 1 aromatic rings. The highest BCUT2D eigenvalue weighted by Crippen LogP contribution is 2.21. The number of amides is 1. The molecule has 0 heterocycles. The highest BCUT2D eigenvalue weighted by molar-refractivity contribution is 9.10. The number of carbonyl (C=O) groups excluding carboxylic acids is 1. The Labute approximate surface area is 114 Å². The van der Waals surface area contributed by atoms with E-state index in [1.807, 2.05) is 6.92 Å². The van der Waals surface area contributed by atoms with E-state index in [1.54, 1.807) is 18.2 Å². The fourth-order valence-electron chi connectivity index (χ4n) is 1.45. The lowest BCUT2D eigenvalue weighted by Crippen LogP contribution is -2.19. The predicted molar refractivity (Wildman–Crippen MR) is 74.8 cm³/mol. The Morgan fingerprint density at radius 1 is 1.56 bits per heavy atom. The molecular formula is C12H16BrN3O2. The van der Waals surface area contributed by atoms with Crippen LogP contribution in [0.4, 0.5) is 5.69 Å². The smallest absolute Gasteiger partial charge is 0.224 e. The quantitative estimate of drug-likeness (QED) is 0.338. The topological polar surface area (TPSA) is 87.7 Å². The second kappa shape index (κ2) is 7.00. The Bertz CT molecular complexity index is 461. The van der Waals surface area contributed by atoms with Crippen molar-refractivity contribution in [3.63, 3.8) is 0 Å². The number of oxime groups is 1. The van der Waals surface area contributed by atoms with Gasteiger partial charge < -0.3 is 16.3 Å². The van der Waals surface area contributed by atoms with Crippen LogP contribution in [0, 0.1) is 0 Å². The number of amidine groups is 1.